The highest BCUT2D eigenvalue weighted by molar-refractivity contribution is 6.35. The molecular weight excluding hydrogens is 228 g/mol. The molecule has 0 spiro atoms. The monoisotopic (exact) mass is 246 g/mol. The minimum atomic E-state index is -0.349. The lowest BCUT2D eigenvalue weighted by Gasteiger charge is -2.14. The molecule has 0 saturated carbocycles. The van der Waals surface area contributed by atoms with Crippen molar-refractivity contribution in [3.05, 3.63) is 29.3 Å². The highest BCUT2D eigenvalue weighted by Gasteiger charge is 2.19. The lowest BCUT2D eigenvalue weighted by atomic mass is 10.1. The van der Waals surface area contributed by atoms with Gasteiger partial charge in [-0.3, -0.25) is 5.01 Å². The second kappa shape index (κ2) is 5.21. The fraction of sp³-hybridized carbons (Fsp3) is 0.429. The van der Waals surface area contributed by atoms with Gasteiger partial charge in [0, 0.05) is 6.54 Å². The van der Waals surface area contributed by atoms with Gasteiger partial charge in [-0.25, -0.2) is 4.79 Å². The normalized spacial score (nSPS) is 14.6. The number of ether oxygens (including phenoxy) is 1. The number of hydrazone groups is 1. The molecule has 1 aromatic carbocycles. The summed E-state index contributed by atoms with van der Waals surface area (Å²) < 4.78 is 4.92. The van der Waals surface area contributed by atoms with E-state index in [0.29, 0.717) is 12.3 Å². The van der Waals surface area contributed by atoms with Crippen molar-refractivity contribution in [1.82, 2.24) is 0 Å². The maximum atomic E-state index is 11.5. The van der Waals surface area contributed by atoms with Gasteiger partial charge in [0.05, 0.1) is 12.3 Å². The summed E-state index contributed by atoms with van der Waals surface area (Å²) in [6, 6.07) is 6.29. The maximum absolute atomic E-state index is 11.5. The van der Waals surface area contributed by atoms with Gasteiger partial charge in [-0.2, -0.15) is 5.10 Å². The Hall–Kier alpha value is -1.84. The van der Waals surface area contributed by atoms with Crippen molar-refractivity contribution in [2.75, 3.05) is 18.2 Å². The van der Waals surface area contributed by atoms with E-state index in [-0.39, 0.29) is 5.97 Å². The second-order valence-corrected chi connectivity index (χ2v) is 4.41. The molecule has 0 saturated heterocycles. The van der Waals surface area contributed by atoms with Crippen molar-refractivity contribution >= 4 is 17.4 Å². The molecule has 4 heteroatoms. The van der Waals surface area contributed by atoms with E-state index >= 15 is 0 Å². The summed E-state index contributed by atoms with van der Waals surface area (Å²) in [5, 5.41) is 6.22. The minimum absolute atomic E-state index is 0.349. The van der Waals surface area contributed by atoms with Crippen LogP contribution < -0.4 is 5.01 Å². The van der Waals surface area contributed by atoms with Gasteiger partial charge in [-0.15, -0.1) is 0 Å². The molecule has 1 aromatic rings. The molecule has 0 radical (unpaired) electrons. The zero-order valence-corrected chi connectivity index (χ0v) is 11.1. The van der Waals surface area contributed by atoms with Crippen LogP contribution in [0.15, 0.2) is 23.3 Å². The number of fused-ring (bicyclic) bond motifs is 1. The van der Waals surface area contributed by atoms with Crippen molar-refractivity contribution < 1.29 is 9.53 Å². The lowest BCUT2D eigenvalue weighted by Crippen LogP contribution is -2.21. The standard InChI is InChI=1S/C14H18N2O2/c1-4-18-14(17)11(3)15-16-8-7-12-9-10(2)5-6-13(12)16/h5-6,9H,4,7-8H2,1-3H3/b15-11+. The molecule has 0 aliphatic carbocycles. The number of benzene rings is 1. The van der Waals surface area contributed by atoms with Crippen LogP contribution in [-0.4, -0.2) is 24.8 Å². The molecule has 0 atom stereocenters. The number of esters is 1. The van der Waals surface area contributed by atoms with Gasteiger partial charge < -0.3 is 4.74 Å². The van der Waals surface area contributed by atoms with E-state index in [9.17, 15) is 4.79 Å². The smallest absolute Gasteiger partial charge is 0.354 e. The third kappa shape index (κ3) is 2.53. The summed E-state index contributed by atoms with van der Waals surface area (Å²) in [4.78, 5) is 11.5. The molecule has 1 aliphatic rings. The molecule has 0 aromatic heterocycles. The summed E-state index contributed by atoms with van der Waals surface area (Å²) in [7, 11) is 0. The van der Waals surface area contributed by atoms with Gasteiger partial charge in [0.1, 0.15) is 5.71 Å². The lowest BCUT2D eigenvalue weighted by molar-refractivity contribution is -0.135. The molecule has 2 rings (SSSR count). The third-order valence-electron chi connectivity index (χ3n) is 2.95. The molecule has 0 bridgehead atoms. The van der Waals surface area contributed by atoms with Gasteiger partial charge in [0.2, 0.25) is 0 Å². The molecule has 0 amide bonds. The first-order valence-electron chi connectivity index (χ1n) is 6.21. The van der Waals surface area contributed by atoms with Crippen molar-refractivity contribution in [3.8, 4) is 0 Å². The number of aryl methyl sites for hydroxylation is 1. The zero-order valence-electron chi connectivity index (χ0n) is 11.1. The zero-order chi connectivity index (χ0) is 13.1. The van der Waals surface area contributed by atoms with Gasteiger partial charge in [-0.1, -0.05) is 17.7 Å². The fourth-order valence-electron chi connectivity index (χ4n) is 2.07. The fourth-order valence-corrected chi connectivity index (χ4v) is 2.07. The number of rotatable bonds is 3. The van der Waals surface area contributed by atoms with Crippen LogP contribution in [0.1, 0.15) is 25.0 Å². The predicted molar refractivity (Wildman–Crippen MR) is 72.0 cm³/mol. The first-order chi connectivity index (χ1) is 8.61. The van der Waals surface area contributed by atoms with Crippen LogP contribution in [0, 0.1) is 6.92 Å². The summed E-state index contributed by atoms with van der Waals surface area (Å²) in [6.07, 6.45) is 0.969. The van der Waals surface area contributed by atoms with E-state index < -0.39 is 0 Å². The number of hydrogen-bond acceptors (Lipinski definition) is 4. The van der Waals surface area contributed by atoms with Crippen LogP contribution in [0.25, 0.3) is 0 Å². The molecular formula is C14H18N2O2. The van der Waals surface area contributed by atoms with E-state index in [4.69, 9.17) is 4.74 Å². The Morgan fingerprint density at radius 1 is 1.50 bits per heavy atom. The van der Waals surface area contributed by atoms with Crippen LogP contribution >= 0.6 is 0 Å². The van der Waals surface area contributed by atoms with Crippen LogP contribution in [-0.2, 0) is 16.0 Å². The summed E-state index contributed by atoms with van der Waals surface area (Å²) in [5.74, 6) is -0.349. The average molecular weight is 246 g/mol. The largest absolute Gasteiger partial charge is 0.461 e. The SMILES string of the molecule is CCOC(=O)/C(C)=N/N1CCc2cc(C)ccc21. The van der Waals surface area contributed by atoms with Crippen molar-refractivity contribution in [1.29, 1.82) is 0 Å². The first kappa shape index (κ1) is 12.6. The number of hydrogen-bond donors (Lipinski definition) is 0. The predicted octanol–water partition coefficient (Wildman–Crippen LogP) is 2.30. The van der Waals surface area contributed by atoms with E-state index in [1.165, 1.54) is 11.1 Å². The molecule has 0 unspecified atom stereocenters. The van der Waals surface area contributed by atoms with Crippen LogP contribution in [0.3, 0.4) is 0 Å². The van der Waals surface area contributed by atoms with Crippen molar-refractivity contribution in [3.63, 3.8) is 0 Å². The first-order valence-corrected chi connectivity index (χ1v) is 6.21. The topological polar surface area (TPSA) is 41.9 Å². The highest BCUT2D eigenvalue weighted by Crippen LogP contribution is 2.28. The maximum Gasteiger partial charge on any atom is 0.354 e. The average Bonchev–Trinajstić information content (AvgIpc) is 2.72. The molecule has 4 nitrogen and oxygen atoms in total. The molecule has 96 valence electrons. The van der Waals surface area contributed by atoms with Crippen LogP contribution in [0.4, 0.5) is 5.69 Å². The Bertz CT molecular complexity index is 495. The Morgan fingerprint density at radius 3 is 3.00 bits per heavy atom. The number of anilines is 1. The molecule has 1 aliphatic heterocycles. The molecule has 1 heterocycles. The van der Waals surface area contributed by atoms with Gasteiger partial charge in [0.25, 0.3) is 0 Å². The number of carbonyl (C=O) groups is 1. The number of nitrogens with zero attached hydrogens (tertiary/aromatic N) is 2. The van der Waals surface area contributed by atoms with E-state index in [1.54, 1.807) is 13.8 Å². The van der Waals surface area contributed by atoms with Gasteiger partial charge in [-0.05, 0) is 38.8 Å². The van der Waals surface area contributed by atoms with E-state index in [1.807, 2.05) is 5.01 Å². The quantitative estimate of drug-likeness (QED) is 0.607. The van der Waals surface area contributed by atoms with Crippen LogP contribution in [0.2, 0.25) is 0 Å². The van der Waals surface area contributed by atoms with Crippen LogP contribution in [0.5, 0.6) is 0 Å². The molecule has 0 fully saturated rings. The van der Waals surface area contributed by atoms with E-state index in [0.717, 1.165) is 18.7 Å². The van der Waals surface area contributed by atoms with Crippen molar-refractivity contribution in [2.24, 2.45) is 5.10 Å². The summed E-state index contributed by atoms with van der Waals surface area (Å²) in [6.45, 7) is 6.75. The van der Waals surface area contributed by atoms with E-state index in [2.05, 4.69) is 30.2 Å². The highest BCUT2D eigenvalue weighted by atomic mass is 16.5. The number of carbonyl (C=O) groups excluding carboxylic acids is 1. The van der Waals surface area contributed by atoms with Crippen molar-refractivity contribution in [2.45, 2.75) is 27.2 Å². The molecule has 0 N–H and O–H groups in total. The summed E-state index contributed by atoms with van der Waals surface area (Å²) >= 11 is 0. The Kier molecular flexibility index (Phi) is 3.65. The van der Waals surface area contributed by atoms with Gasteiger partial charge in [0.15, 0.2) is 0 Å². The minimum Gasteiger partial charge on any atom is -0.461 e. The Labute approximate surface area is 107 Å². The van der Waals surface area contributed by atoms with Gasteiger partial charge >= 0.3 is 5.97 Å². The summed E-state index contributed by atoms with van der Waals surface area (Å²) in [5.41, 5.74) is 4.02. The molecule has 18 heavy (non-hydrogen) atoms. The second-order valence-electron chi connectivity index (χ2n) is 4.41. The third-order valence-corrected chi connectivity index (χ3v) is 2.95. The Balaban J connectivity index is 2.19. The Morgan fingerprint density at radius 2 is 2.28 bits per heavy atom.